The predicted molar refractivity (Wildman–Crippen MR) is 145 cm³/mol. The minimum Gasteiger partial charge on any atom is -0.508 e. The Morgan fingerprint density at radius 2 is 1.40 bits per heavy atom. The number of ether oxygens (including phenoxy) is 5. The van der Waals surface area contributed by atoms with Gasteiger partial charge in [0.1, 0.15) is 18.5 Å². The van der Waals surface area contributed by atoms with Gasteiger partial charge in [0.25, 0.3) is 0 Å². The molecule has 12 nitrogen and oxygen atoms in total. The van der Waals surface area contributed by atoms with Crippen LogP contribution in [0.15, 0.2) is 48.7 Å². The number of nitrogens with zero attached hydrogens (tertiary/aromatic N) is 1. The van der Waals surface area contributed by atoms with E-state index >= 15 is 0 Å². The van der Waals surface area contributed by atoms with Gasteiger partial charge in [0.05, 0.1) is 5.52 Å². The summed E-state index contributed by atoms with van der Waals surface area (Å²) in [6.07, 6.45) is -4.87. The van der Waals surface area contributed by atoms with Gasteiger partial charge in [0.15, 0.2) is 30.3 Å². The number of hydrogen-bond acceptors (Lipinski definition) is 11. The average molecular weight is 582 g/mol. The summed E-state index contributed by atoms with van der Waals surface area (Å²) in [5.41, 5.74) is 1.90. The monoisotopic (exact) mass is 581 g/mol. The Balaban J connectivity index is 1.91. The quantitative estimate of drug-likeness (QED) is 0.237. The highest BCUT2D eigenvalue weighted by Gasteiger charge is 2.53. The van der Waals surface area contributed by atoms with Gasteiger partial charge in [-0.3, -0.25) is 24.0 Å². The number of esters is 4. The van der Waals surface area contributed by atoms with Crippen LogP contribution in [-0.4, -0.2) is 70.4 Å². The summed E-state index contributed by atoms with van der Waals surface area (Å²) in [6, 6.07) is 11.1. The molecule has 4 rings (SSSR count). The second kappa shape index (κ2) is 12.4. The van der Waals surface area contributed by atoms with Crippen LogP contribution in [0.3, 0.4) is 0 Å². The number of benzene rings is 2. The fraction of sp³-hybridized carbons (Fsp3) is 0.367. The van der Waals surface area contributed by atoms with Gasteiger partial charge in [-0.25, -0.2) is 0 Å². The molecule has 0 radical (unpaired) electrons. The van der Waals surface area contributed by atoms with Crippen molar-refractivity contribution in [1.29, 1.82) is 0 Å². The minimum absolute atomic E-state index is 0.00246. The van der Waals surface area contributed by atoms with Crippen LogP contribution >= 0.6 is 0 Å². The lowest BCUT2D eigenvalue weighted by Gasteiger charge is -2.44. The van der Waals surface area contributed by atoms with E-state index in [4.69, 9.17) is 23.7 Å². The second-order valence-electron chi connectivity index (χ2n) is 9.88. The first-order valence-electron chi connectivity index (χ1n) is 13.1. The number of carbonyl (C=O) groups excluding carboxylic acids is 5. The van der Waals surface area contributed by atoms with E-state index in [1.165, 1.54) is 37.4 Å². The molecule has 1 fully saturated rings. The first-order chi connectivity index (χ1) is 19.9. The SMILES string of the molecule is CC(=O)OCC1OC(n2cc(C(=O)c3ccc(O)cc3)c3c(C)cccc32)C(OC(C)=O)C(OC(C)=O)C1OC(C)=O. The minimum atomic E-state index is -1.37. The van der Waals surface area contributed by atoms with Crippen LogP contribution in [-0.2, 0) is 42.9 Å². The van der Waals surface area contributed by atoms with E-state index in [0.29, 0.717) is 22.0 Å². The van der Waals surface area contributed by atoms with Crippen molar-refractivity contribution in [3.8, 4) is 5.75 Å². The van der Waals surface area contributed by atoms with E-state index in [0.717, 1.165) is 26.3 Å². The smallest absolute Gasteiger partial charge is 0.303 e. The van der Waals surface area contributed by atoms with Gasteiger partial charge < -0.3 is 33.4 Å². The van der Waals surface area contributed by atoms with Gasteiger partial charge in [0.2, 0.25) is 0 Å². The highest BCUT2D eigenvalue weighted by molar-refractivity contribution is 6.17. The maximum Gasteiger partial charge on any atom is 0.303 e. The van der Waals surface area contributed by atoms with Crippen molar-refractivity contribution in [2.45, 2.75) is 65.3 Å². The number of phenols is 1. The number of fused-ring (bicyclic) bond motifs is 1. The van der Waals surface area contributed by atoms with Crippen molar-refractivity contribution < 1.29 is 52.8 Å². The summed E-state index contributed by atoms with van der Waals surface area (Å²) in [7, 11) is 0. The Morgan fingerprint density at radius 1 is 0.810 bits per heavy atom. The molecule has 1 aliphatic heterocycles. The van der Waals surface area contributed by atoms with E-state index in [9.17, 15) is 29.1 Å². The Morgan fingerprint density at radius 3 is 2.00 bits per heavy atom. The fourth-order valence-corrected chi connectivity index (χ4v) is 5.07. The normalized spacial score (nSPS) is 21.8. The molecule has 222 valence electrons. The van der Waals surface area contributed by atoms with E-state index in [1.807, 2.05) is 13.0 Å². The van der Waals surface area contributed by atoms with Crippen molar-refractivity contribution >= 4 is 40.6 Å². The molecule has 1 N–H and O–H groups in total. The maximum absolute atomic E-state index is 13.7. The lowest BCUT2D eigenvalue weighted by atomic mass is 9.97. The van der Waals surface area contributed by atoms with Crippen molar-refractivity contribution in [2.75, 3.05) is 6.61 Å². The Hall–Kier alpha value is -4.71. The summed E-state index contributed by atoms with van der Waals surface area (Å²) in [6.45, 7) is 6.08. The van der Waals surface area contributed by atoms with E-state index in [2.05, 4.69) is 0 Å². The van der Waals surface area contributed by atoms with E-state index in [1.54, 1.807) is 16.7 Å². The number of aromatic nitrogens is 1. The topological polar surface area (TPSA) is 157 Å². The average Bonchev–Trinajstić information content (AvgIpc) is 3.30. The molecule has 1 saturated heterocycles. The van der Waals surface area contributed by atoms with Gasteiger partial charge in [-0.2, -0.15) is 0 Å². The van der Waals surface area contributed by atoms with Gasteiger partial charge in [-0.05, 0) is 42.8 Å². The first-order valence-corrected chi connectivity index (χ1v) is 13.1. The predicted octanol–water partition coefficient (Wildman–Crippen LogP) is 3.14. The van der Waals surface area contributed by atoms with Crippen LogP contribution in [0.2, 0.25) is 0 Å². The standard InChI is InChI=1S/C30H31NO11/c1-15-7-6-8-23-25(15)22(26(37)20-9-11-21(36)12-10-20)13-31(23)30-29(41-19(5)35)28(40-18(4)34)27(39-17(3)33)24(42-30)14-38-16(2)32/h6-13,24,27-30,36H,14H2,1-5H3. The molecule has 0 spiro atoms. The van der Waals surface area contributed by atoms with Crippen LogP contribution in [0.25, 0.3) is 10.9 Å². The summed E-state index contributed by atoms with van der Waals surface area (Å²) < 4.78 is 29.7. The maximum atomic E-state index is 13.7. The molecule has 1 aliphatic rings. The summed E-state index contributed by atoms with van der Waals surface area (Å²) in [5, 5.41) is 10.3. The molecule has 0 amide bonds. The van der Waals surface area contributed by atoms with Crippen LogP contribution in [0.5, 0.6) is 5.75 Å². The largest absolute Gasteiger partial charge is 0.508 e. The summed E-state index contributed by atoms with van der Waals surface area (Å²) >= 11 is 0. The molecule has 2 aromatic carbocycles. The van der Waals surface area contributed by atoms with E-state index in [-0.39, 0.29) is 18.1 Å². The van der Waals surface area contributed by atoms with Crippen molar-refractivity contribution in [2.24, 2.45) is 0 Å². The van der Waals surface area contributed by atoms with Crippen molar-refractivity contribution in [1.82, 2.24) is 4.57 Å². The molecule has 5 unspecified atom stereocenters. The Kier molecular flexibility index (Phi) is 8.96. The highest BCUT2D eigenvalue weighted by Crippen LogP contribution is 2.38. The number of rotatable bonds is 8. The Bertz CT molecular complexity index is 1520. The number of hydrogen-bond donors (Lipinski definition) is 1. The molecule has 0 bridgehead atoms. The zero-order valence-corrected chi connectivity index (χ0v) is 23.7. The zero-order chi connectivity index (χ0) is 30.7. The first kappa shape index (κ1) is 30.3. The fourth-order valence-electron chi connectivity index (χ4n) is 5.07. The van der Waals surface area contributed by atoms with Crippen molar-refractivity contribution in [3.63, 3.8) is 0 Å². The third kappa shape index (κ3) is 6.44. The molecule has 0 saturated carbocycles. The molecular formula is C30H31NO11. The number of phenolic OH excluding ortho intramolecular Hbond substituents is 1. The third-order valence-corrected chi connectivity index (χ3v) is 6.68. The summed E-state index contributed by atoms with van der Waals surface area (Å²) in [5.74, 6) is -3.21. The van der Waals surface area contributed by atoms with E-state index < -0.39 is 54.5 Å². The van der Waals surface area contributed by atoms with Crippen LogP contribution < -0.4 is 0 Å². The van der Waals surface area contributed by atoms with Gasteiger partial charge in [0, 0.05) is 50.4 Å². The molecule has 12 heteroatoms. The van der Waals surface area contributed by atoms with Gasteiger partial charge in [-0.15, -0.1) is 0 Å². The van der Waals surface area contributed by atoms with Crippen LogP contribution in [0.4, 0.5) is 0 Å². The second-order valence-corrected chi connectivity index (χ2v) is 9.88. The molecule has 0 aliphatic carbocycles. The van der Waals surface area contributed by atoms with Crippen LogP contribution in [0.1, 0.15) is 55.4 Å². The molecule has 5 atom stereocenters. The summed E-state index contributed by atoms with van der Waals surface area (Å²) in [4.78, 5) is 62.0. The van der Waals surface area contributed by atoms with Crippen molar-refractivity contribution in [3.05, 3.63) is 65.4 Å². The number of ketones is 1. The third-order valence-electron chi connectivity index (χ3n) is 6.68. The number of carbonyl (C=O) groups is 5. The number of aromatic hydroxyl groups is 1. The highest BCUT2D eigenvalue weighted by atomic mass is 16.7. The van der Waals surface area contributed by atoms with Crippen LogP contribution in [0, 0.1) is 6.92 Å². The molecule has 1 aromatic heterocycles. The lowest BCUT2D eigenvalue weighted by molar-refractivity contribution is -0.267. The van der Waals surface area contributed by atoms with Gasteiger partial charge in [-0.1, -0.05) is 12.1 Å². The zero-order valence-electron chi connectivity index (χ0n) is 23.7. The molecular weight excluding hydrogens is 550 g/mol. The molecule has 2 heterocycles. The molecule has 3 aromatic rings. The number of aryl methyl sites for hydroxylation is 1. The van der Waals surface area contributed by atoms with Gasteiger partial charge >= 0.3 is 23.9 Å². The lowest BCUT2D eigenvalue weighted by Crippen LogP contribution is -2.60. The molecule has 42 heavy (non-hydrogen) atoms. The Labute approximate surface area is 241 Å².